The Bertz CT molecular complexity index is 887. The molecule has 0 radical (unpaired) electrons. The predicted molar refractivity (Wildman–Crippen MR) is 106 cm³/mol. The Morgan fingerprint density at radius 1 is 1.18 bits per heavy atom. The molecule has 15 heteroatoms. The minimum absolute atomic E-state index is 0.0393. The van der Waals surface area contributed by atoms with Crippen molar-refractivity contribution in [3.8, 4) is 0 Å². The molecule has 182 valence electrons. The first kappa shape index (κ1) is 26.0. The van der Waals surface area contributed by atoms with Gasteiger partial charge >= 0.3 is 17.9 Å². The Balaban J connectivity index is 2.13. The zero-order valence-corrected chi connectivity index (χ0v) is 18.6. The van der Waals surface area contributed by atoms with Crippen LogP contribution in [0.1, 0.15) is 33.4 Å². The second kappa shape index (κ2) is 12.1. The normalized spacial score (nSPS) is 25.4. The molecule has 33 heavy (non-hydrogen) atoms. The van der Waals surface area contributed by atoms with Crippen molar-refractivity contribution in [2.24, 2.45) is 5.11 Å². The molecule has 1 fully saturated rings. The number of azide groups is 1. The lowest BCUT2D eigenvalue weighted by molar-refractivity contribution is -0.303. The smallest absolute Gasteiger partial charge is 0.303 e. The van der Waals surface area contributed by atoms with E-state index in [1.54, 1.807) is 6.92 Å². The molecule has 1 saturated heterocycles. The molecule has 0 saturated carbocycles. The van der Waals surface area contributed by atoms with Crippen molar-refractivity contribution >= 4 is 17.9 Å². The molecule has 2 rings (SSSR count). The number of hydrogen-bond donors (Lipinski definition) is 1. The van der Waals surface area contributed by atoms with Gasteiger partial charge in [-0.1, -0.05) is 10.3 Å². The van der Waals surface area contributed by atoms with Gasteiger partial charge in [-0.3, -0.25) is 14.4 Å². The summed E-state index contributed by atoms with van der Waals surface area (Å²) in [6, 6.07) is 0. The van der Waals surface area contributed by atoms with E-state index in [2.05, 4.69) is 20.3 Å². The van der Waals surface area contributed by atoms with Gasteiger partial charge in [-0.2, -0.15) is 0 Å². The van der Waals surface area contributed by atoms with Gasteiger partial charge in [-0.25, -0.2) is 4.68 Å². The van der Waals surface area contributed by atoms with E-state index < -0.39 is 54.7 Å². The van der Waals surface area contributed by atoms with Crippen molar-refractivity contribution in [1.29, 1.82) is 0 Å². The van der Waals surface area contributed by atoms with Crippen molar-refractivity contribution in [3.63, 3.8) is 0 Å². The minimum atomic E-state index is -1.23. The van der Waals surface area contributed by atoms with Crippen LogP contribution in [0.5, 0.6) is 0 Å². The van der Waals surface area contributed by atoms with E-state index in [0.717, 1.165) is 6.92 Å². The number of nitrogens with zero attached hydrogens (tertiary/aromatic N) is 6. The first-order valence-electron chi connectivity index (χ1n) is 9.97. The first-order chi connectivity index (χ1) is 15.6. The molecular formula is C18H26N6O9. The molecule has 1 N–H and O–H groups in total. The van der Waals surface area contributed by atoms with E-state index in [0.29, 0.717) is 5.69 Å². The van der Waals surface area contributed by atoms with Crippen LogP contribution in [0.3, 0.4) is 0 Å². The number of esters is 3. The topological polar surface area (TPSA) is 197 Å². The molecular weight excluding hydrogens is 444 g/mol. The molecule has 1 aromatic rings. The summed E-state index contributed by atoms with van der Waals surface area (Å²) < 4.78 is 28.6. The van der Waals surface area contributed by atoms with E-state index in [4.69, 9.17) is 29.2 Å². The molecule has 0 aromatic carbocycles. The number of aliphatic hydroxyl groups is 1. The van der Waals surface area contributed by atoms with Crippen LogP contribution in [0.25, 0.3) is 10.4 Å². The van der Waals surface area contributed by atoms with Crippen LogP contribution >= 0.6 is 0 Å². The number of carbonyl (C=O) groups excluding carboxylic acids is 3. The Hall–Kier alpha value is -3.26. The molecule has 6 atom stereocenters. The standard InChI is InChI=1S/C18H26N6O9/c1-9-15(31-10(2)25)16(32-11(3)26)17(33-12(4)27)18(30-9)29-8-13-6-24(23-21-13)7-14(28)5-20-22-19/h6,9,14-18,28H,5,7-8H2,1-4H3/t9-,14?,15+,16+,17-,18+/m0/s1. The average molecular weight is 470 g/mol. The second-order valence-corrected chi connectivity index (χ2v) is 7.24. The summed E-state index contributed by atoms with van der Waals surface area (Å²) in [4.78, 5) is 37.5. The molecule has 2 heterocycles. The van der Waals surface area contributed by atoms with Crippen molar-refractivity contribution in [1.82, 2.24) is 15.0 Å². The van der Waals surface area contributed by atoms with Gasteiger partial charge in [0.25, 0.3) is 0 Å². The highest BCUT2D eigenvalue weighted by molar-refractivity contribution is 5.68. The lowest BCUT2D eigenvalue weighted by atomic mass is 9.99. The largest absolute Gasteiger partial charge is 0.456 e. The fourth-order valence-electron chi connectivity index (χ4n) is 3.17. The van der Waals surface area contributed by atoms with Crippen LogP contribution in [-0.4, -0.2) is 81.4 Å². The summed E-state index contributed by atoms with van der Waals surface area (Å²) in [5, 5.41) is 20.8. The lowest BCUT2D eigenvalue weighted by Crippen LogP contribution is -2.61. The Kier molecular flexibility index (Phi) is 9.54. The molecule has 0 amide bonds. The summed E-state index contributed by atoms with van der Waals surface area (Å²) in [5.74, 6) is -2.00. The predicted octanol–water partition coefficient (Wildman–Crippen LogP) is 0.00580. The summed E-state index contributed by atoms with van der Waals surface area (Å²) >= 11 is 0. The highest BCUT2D eigenvalue weighted by Gasteiger charge is 2.51. The number of aliphatic hydroxyl groups excluding tert-OH is 1. The van der Waals surface area contributed by atoms with E-state index in [1.165, 1.54) is 24.7 Å². The number of carbonyl (C=O) groups is 3. The van der Waals surface area contributed by atoms with Crippen LogP contribution in [0, 0.1) is 0 Å². The molecule has 1 aliphatic heterocycles. The van der Waals surface area contributed by atoms with E-state index in [-0.39, 0.29) is 19.7 Å². The number of aromatic nitrogens is 3. The summed E-state index contributed by atoms with van der Waals surface area (Å²) in [6.07, 6.45) is -4.83. The first-order valence-corrected chi connectivity index (χ1v) is 9.97. The monoisotopic (exact) mass is 470 g/mol. The van der Waals surface area contributed by atoms with Crippen LogP contribution in [-0.2, 0) is 51.2 Å². The zero-order chi connectivity index (χ0) is 24.5. The average Bonchev–Trinajstić information content (AvgIpc) is 3.16. The maximum absolute atomic E-state index is 11.7. The van der Waals surface area contributed by atoms with Crippen molar-refractivity contribution < 1.29 is 43.2 Å². The van der Waals surface area contributed by atoms with Gasteiger partial charge in [0.2, 0.25) is 0 Å². The lowest BCUT2D eigenvalue weighted by Gasteiger charge is -2.43. The van der Waals surface area contributed by atoms with Gasteiger partial charge in [-0.15, -0.1) is 5.10 Å². The second-order valence-electron chi connectivity index (χ2n) is 7.24. The zero-order valence-electron chi connectivity index (χ0n) is 18.6. The summed E-state index contributed by atoms with van der Waals surface area (Å²) in [7, 11) is 0. The van der Waals surface area contributed by atoms with Gasteiger partial charge in [-0.05, 0) is 12.5 Å². The van der Waals surface area contributed by atoms with Gasteiger partial charge in [0.1, 0.15) is 5.69 Å². The maximum atomic E-state index is 11.7. The third-order valence-electron chi connectivity index (χ3n) is 4.37. The van der Waals surface area contributed by atoms with Gasteiger partial charge in [0.05, 0.1) is 38.1 Å². The number of ether oxygens (including phenoxy) is 5. The highest BCUT2D eigenvalue weighted by Crippen LogP contribution is 2.29. The molecule has 0 spiro atoms. The van der Waals surface area contributed by atoms with Crippen LogP contribution in [0.15, 0.2) is 11.3 Å². The molecule has 1 unspecified atom stereocenters. The molecule has 0 bridgehead atoms. The maximum Gasteiger partial charge on any atom is 0.303 e. The third-order valence-corrected chi connectivity index (χ3v) is 4.37. The van der Waals surface area contributed by atoms with Crippen LogP contribution in [0.4, 0.5) is 0 Å². The SMILES string of the molecule is CC(=O)O[C@H]1[C@H](OC(C)=O)[C@H](OCc2cn(CC(O)CN=[N+]=[N-])nn2)O[C@@H](C)[C@H]1OC(C)=O. The van der Waals surface area contributed by atoms with Crippen molar-refractivity contribution in [2.75, 3.05) is 6.54 Å². The van der Waals surface area contributed by atoms with E-state index in [9.17, 15) is 19.5 Å². The van der Waals surface area contributed by atoms with Crippen LogP contribution in [0.2, 0.25) is 0 Å². The van der Waals surface area contributed by atoms with Gasteiger partial charge in [0, 0.05) is 25.7 Å². The quantitative estimate of drug-likeness (QED) is 0.159. The third kappa shape index (κ3) is 7.98. The molecule has 0 aliphatic carbocycles. The summed E-state index contributed by atoms with van der Waals surface area (Å²) in [6.45, 7) is 4.89. The Morgan fingerprint density at radius 2 is 1.79 bits per heavy atom. The van der Waals surface area contributed by atoms with Gasteiger partial charge in [0.15, 0.2) is 24.6 Å². The number of rotatable bonds is 10. The molecule has 1 aliphatic rings. The van der Waals surface area contributed by atoms with E-state index in [1.807, 2.05) is 0 Å². The Morgan fingerprint density at radius 3 is 2.39 bits per heavy atom. The fourth-order valence-corrected chi connectivity index (χ4v) is 3.17. The van der Waals surface area contributed by atoms with Crippen molar-refractivity contribution in [2.45, 2.75) is 77.7 Å². The van der Waals surface area contributed by atoms with E-state index >= 15 is 0 Å². The van der Waals surface area contributed by atoms with Gasteiger partial charge < -0.3 is 28.8 Å². The number of hydrogen-bond acceptors (Lipinski definition) is 12. The highest BCUT2D eigenvalue weighted by atomic mass is 16.7. The minimum Gasteiger partial charge on any atom is -0.456 e. The molecule has 1 aromatic heterocycles. The Labute approximate surface area is 188 Å². The fraction of sp³-hybridized carbons (Fsp3) is 0.722. The summed E-state index contributed by atoms with van der Waals surface area (Å²) in [5.41, 5.74) is 8.66. The van der Waals surface area contributed by atoms with Crippen LogP contribution < -0.4 is 0 Å². The molecule has 15 nitrogen and oxygen atoms in total. The van der Waals surface area contributed by atoms with Crippen molar-refractivity contribution in [3.05, 3.63) is 22.3 Å².